The molecule has 1 fully saturated rings. The van der Waals surface area contributed by atoms with Gasteiger partial charge in [0.25, 0.3) is 5.56 Å². The molecule has 0 saturated carbocycles. The fourth-order valence-electron chi connectivity index (χ4n) is 3.98. The van der Waals surface area contributed by atoms with Crippen LogP contribution in [0.3, 0.4) is 0 Å². The second-order valence-corrected chi connectivity index (χ2v) is 9.99. The molecule has 0 spiro atoms. The number of ether oxygens (including phenoxy) is 1. The van der Waals surface area contributed by atoms with Crippen molar-refractivity contribution in [3.63, 3.8) is 0 Å². The van der Waals surface area contributed by atoms with Crippen molar-refractivity contribution in [2.45, 2.75) is 50.2 Å². The van der Waals surface area contributed by atoms with Gasteiger partial charge < -0.3 is 10.1 Å². The second-order valence-electron chi connectivity index (χ2n) is 8.68. The molecule has 3 heterocycles. The van der Waals surface area contributed by atoms with E-state index in [4.69, 9.17) is 9.72 Å². The first-order valence-corrected chi connectivity index (χ1v) is 12.6. The van der Waals surface area contributed by atoms with Crippen LogP contribution < -0.4 is 10.9 Å². The summed E-state index contributed by atoms with van der Waals surface area (Å²) < 4.78 is 8.91. The summed E-state index contributed by atoms with van der Waals surface area (Å²) in [5.74, 6) is 0.497. The lowest BCUT2D eigenvalue weighted by atomic mass is 10.2. The van der Waals surface area contributed by atoms with Crippen LogP contribution in [0.5, 0.6) is 0 Å². The molecule has 1 aliphatic heterocycles. The molecule has 0 aliphatic carbocycles. The number of amides is 1. The Balaban J connectivity index is 1.52. The van der Waals surface area contributed by atoms with Gasteiger partial charge in [-0.2, -0.15) is 5.10 Å². The summed E-state index contributed by atoms with van der Waals surface area (Å²) in [5, 5.41) is 7.93. The minimum Gasteiger partial charge on any atom is -0.379 e. The van der Waals surface area contributed by atoms with Gasteiger partial charge in [0.05, 0.1) is 35.6 Å². The van der Waals surface area contributed by atoms with E-state index in [9.17, 15) is 9.59 Å². The molecule has 182 valence electrons. The normalized spacial score (nSPS) is 15.6. The summed E-state index contributed by atoms with van der Waals surface area (Å²) in [6, 6.07) is 9.28. The third-order valence-corrected chi connectivity index (χ3v) is 6.94. The van der Waals surface area contributed by atoms with Crippen LogP contribution in [0.2, 0.25) is 0 Å². The third-order valence-electron chi connectivity index (χ3n) is 5.85. The molecule has 0 radical (unpaired) electrons. The molecular weight excluding hydrogens is 452 g/mol. The van der Waals surface area contributed by atoms with E-state index in [-0.39, 0.29) is 17.5 Å². The number of hydrogen-bond acceptors (Lipinski definition) is 7. The Morgan fingerprint density at radius 2 is 1.91 bits per heavy atom. The summed E-state index contributed by atoms with van der Waals surface area (Å²) in [4.78, 5) is 33.4. The summed E-state index contributed by atoms with van der Waals surface area (Å²) >= 11 is 1.31. The van der Waals surface area contributed by atoms with Crippen molar-refractivity contribution in [3.05, 3.63) is 46.9 Å². The fraction of sp³-hybridized carbons (Fsp3) is 0.500. The molecule has 0 bridgehead atoms. The molecule has 1 amide bonds. The number of aromatic nitrogens is 4. The molecule has 2 aromatic heterocycles. The molecule has 4 rings (SSSR count). The molecule has 3 aromatic rings. The fourth-order valence-corrected chi connectivity index (χ4v) is 4.91. The smallest absolute Gasteiger partial charge is 0.262 e. The van der Waals surface area contributed by atoms with Gasteiger partial charge >= 0.3 is 0 Å². The SMILES string of the molecule is CC(C)n1nccc1NC(=O)[C@@H](C)Sc1nc2ccccc2c(=O)n1CCCN1CCOCC1. The number of morpholine rings is 1. The maximum Gasteiger partial charge on any atom is 0.262 e. The van der Waals surface area contributed by atoms with Crippen LogP contribution in [-0.4, -0.2) is 68.2 Å². The van der Waals surface area contributed by atoms with Crippen LogP contribution in [0.1, 0.15) is 33.2 Å². The predicted octanol–water partition coefficient (Wildman–Crippen LogP) is 3.02. The monoisotopic (exact) mass is 484 g/mol. The number of nitrogens with zero attached hydrogens (tertiary/aromatic N) is 5. The Labute approximate surface area is 203 Å². The van der Waals surface area contributed by atoms with Crippen molar-refractivity contribution < 1.29 is 9.53 Å². The van der Waals surface area contributed by atoms with Crippen molar-refractivity contribution in [2.24, 2.45) is 0 Å². The summed E-state index contributed by atoms with van der Waals surface area (Å²) in [6.07, 6.45) is 2.49. The highest BCUT2D eigenvalue weighted by Gasteiger charge is 2.21. The highest BCUT2D eigenvalue weighted by molar-refractivity contribution is 8.00. The van der Waals surface area contributed by atoms with E-state index in [1.165, 1.54) is 11.8 Å². The Hall–Kier alpha value is -2.69. The van der Waals surface area contributed by atoms with Gasteiger partial charge in [0.2, 0.25) is 5.91 Å². The van der Waals surface area contributed by atoms with Crippen LogP contribution in [0.15, 0.2) is 46.5 Å². The van der Waals surface area contributed by atoms with E-state index in [0.717, 1.165) is 39.3 Å². The minimum atomic E-state index is -0.450. The first-order chi connectivity index (χ1) is 16.4. The second kappa shape index (κ2) is 11.2. The van der Waals surface area contributed by atoms with Gasteiger partial charge in [-0.1, -0.05) is 23.9 Å². The largest absolute Gasteiger partial charge is 0.379 e. The van der Waals surface area contributed by atoms with Crippen molar-refractivity contribution in [1.29, 1.82) is 0 Å². The van der Waals surface area contributed by atoms with E-state index >= 15 is 0 Å². The molecule has 9 nitrogen and oxygen atoms in total. The molecule has 1 aromatic carbocycles. The van der Waals surface area contributed by atoms with Crippen LogP contribution in [0, 0.1) is 0 Å². The zero-order chi connectivity index (χ0) is 24.1. The van der Waals surface area contributed by atoms with Gasteiger partial charge in [0, 0.05) is 38.3 Å². The van der Waals surface area contributed by atoms with Crippen molar-refractivity contribution in [3.8, 4) is 0 Å². The molecule has 10 heteroatoms. The molecule has 1 atom stereocenters. The number of para-hydroxylation sites is 1. The van der Waals surface area contributed by atoms with Crippen molar-refractivity contribution in [2.75, 3.05) is 38.2 Å². The highest BCUT2D eigenvalue weighted by atomic mass is 32.2. The van der Waals surface area contributed by atoms with Gasteiger partial charge in [-0.3, -0.25) is 19.1 Å². The zero-order valence-electron chi connectivity index (χ0n) is 19.9. The Morgan fingerprint density at radius 1 is 1.15 bits per heavy atom. The first kappa shape index (κ1) is 24.4. The molecule has 0 unspecified atom stereocenters. The minimum absolute atomic E-state index is 0.0689. The lowest BCUT2D eigenvalue weighted by Crippen LogP contribution is -2.37. The topological polar surface area (TPSA) is 94.3 Å². The van der Waals surface area contributed by atoms with Crippen LogP contribution >= 0.6 is 11.8 Å². The number of nitrogens with one attached hydrogen (secondary N) is 1. The summed E-state index contributed by atoms with van der Waals surface area (Å²) in [6.45, 7) is 10.6. The van der Waals surface area contributed by atoms with E-state index in [2.05, 4.69) is 15.3 Å². The number of carbonyl (C=O) groups is 1. The standard InChI is InChI=1S/C24H32N6O3S/c1-17(2)30-21(9-10-25-30)27-22(31)18(3)34-24-26-20-8-5-4-7-19(20)23(32)29(24)12-6-11-28-13-15-33-16-14-28/h4-5,7-10,17-18H,6,11-16H2,1-3H3,(H,27,31)/t18-/m1/s1. The van der Waals surface area contributed by atoms with E-state index in [0.29, 0.717) is 28.4 Å². The molecule has 1 aliphatic rings. The molecule has 1 N–H and O–H groups in total. The lowest BCUT2D eigenvalue weighted by molar-refractivity contribution is -0.115. The van der Waals surface area contributed by atoms with Gasteiger partial charge in [-0.15, -0.1) is 0 Å². The quantitative estimate of drug-likeness (QED) is 0.369. The number of carbonyl (C=O) groups excluding carboxylic acids is 1. The lowest BCUT2D eigenvalue weighted by Gasteiger charge is -2.26. The van der Waals surface area contributed by atoms with Crippen LogP contribution in [0.25, 0.3) is 10.9 Å². The van der Waals surface area contributed by atoms with Crippen molar-refractivity contribution in [1.82, 2.24) is 24.2 Å². The third kappa shape index (κ3) is 5.68. The summed E-state index contributed by atoms with van der Waals surface area (Å²) in [5.41, 5.74) is 0.575. The Kier molecular flexibility index (Phi) is 8.02. The van der Waals surface area contributed by atoms with Crippen LogP contribution in [0.4, 0.5) is 5.82 Å². The number of hydrogen-bond donors (Lipinski definition) is 1. The maximum atomic E-state index is 13.3. The zero-order valence-corrected chi connectivity index (χ0v) is 20.8. The number of thioether (sulfide) groups is 1. The summed E-state index contributed by atoms with van der Waals surface area (Å²) in [7, 11) is 0. The van der Waals surface area contributed by atoms with Gasteiger partial charge in [-0.25, -0.2) is 9.67 Å². The number of anilines is 1. The molecule has 1 saturated heterocycles. The first-order valence-electron chi connectivity index (χ1n) is 11.7. The number of fused-ring (bicyclic) bond motifs is 1. The average Bonchev–Trinajstić information content (AvgIpc) is 3.30. The maximum absolute atomic E-state index is 13.3. The van der Waals surface area contributed by atoms with Crippen molar-refractivity contribution >= 4 is 34.4 Å². The molecular formula is C24H32N6O3S. The van der Waals surface area contributed by atoms with E-state index < -0.39 is 5.25 Å². The number of benzene rings is 1. The van der Waals surface area contributed by atoms with Gasteiger partial charge in [0.15, 0.2) is 5.16 Å². The average molecular weight is 485 g/mol. The number of rotatable bonds is 9. The predicted molar refractivity (Wildman–Crippen MR) is 134 cm³/mol. The highest BCUT2D eigenvalue weighted by Crippen LogP contribution is 2.24. The Bertz CT molecular complexity index is 1180. The van der Waals surface area contributed by atoms with Gasteiger partial charge in [0.1, 0.15) is 5.82 Å². The van der Waals surface area contributed by atoms with E-state index in [1.54, 1.807) is 27.6 Å². The van der Waals surface area contributed by atoms with Crippen LogP contribution in [-0.2, 0) is 16.1 Å². The van der Waals surface area contributed by atoms with E-state index in [1.807, 2.05) is 39.0 Å². The molecule has 34 heavy (non-hydrogen) atoms. The Morgan fingerprint density at radius 3 is 2.68 bits per heavy atom. The van der Waals surface area contributed by atoms with Gasteiger partial charge in [-0.05, 0) is 39.3 Å².